The number of aromatic nitrogens is 2. The molecule has 2 aromatic heterocycles. The molecular formula is C13H16BrN3O3S. The third kappa shape index (κ3) is 4.04. The Balaban J connectivity index is 2.21. The quantitative estimate of drug-likeness (QED) is 0.845. The van der Waals surface area contributed by atoms with E-state index >= 15 is 0 Å². The number of carbonyl (C=O) groups excluding carboxylic acids is 1. The smallest absolute Gasteiger partial charge is 0.408 e. The number of hydrogen-bond donors (Lipinski definition) is 2. The zero-order valence-corrected chi connectivity index (χ0v) is 14.5. The van der Waals surface area contributed by atoms with Gasteiger partial charge >= 0.3 is 6.09 Å². The summed E-state index contributed by atoms with van der Waals surface area (Å²) in [6, 6.07) is 1.31. The molecule has 2 aromatic rings. The molecule has 2 rings (SSSR count). The van der Waals surface area contributed by atoms with Gasteiger partial charge in [-0.25, -0.2) is 9.78 Å². The van der Waals surface area contributed by atoms with Crippen LogP contribution >= 0.6 is 27.3 Å². The Hall–Kier alpha value is -1.41. The molecule has 6 nitrogen and oxygen atoms in total. The van der Waals surface area contributed by atoms with Crippen LogP contribution in [0.15, 0.2) is 14.6 Å². The van der Waals surface area contributed by atoms with E-state index in [-0.39, 0.29) is 5.56 Å². The van der Waals surface area contributed by atoms with Gasteiger partial charge in [0.05, 0.1) is 15.3 Å². The zero-order chi connectivity index (χ0) is 15.8. The molecule has 2 heterocycles. The lowest BCUT2D eigenvalue weighted by molar-refractivity contribution is 0.0506. The third-order valence-corrected chi connectivity index (χ3v) is 4.14. The lowest BCUT2D eigenvalue weighted by atomic mass is 10.2. The molecule has 1 amide bonds. The molecule has 0 radical (unpaired) electrons. The second-order valence-electron chi connectivity index (χ2n) is 5.58. The summed E-state index contributed by atoms with van der Waals surface area (Å²) in [5.74, 6) is 0.392. The molecule has 0 spiro atoms. The number of nitrogens with zero attached hydrogens (tertiary/aromatic N) is 1. The van der Waals surface area contributed by atoms with Crippen LogP contribution in [-0.4, -0.2) is 21.7 Å². The van der Waals surface area contributed by atoms with Gasteiger partial charge < -0.3 is 15.0 Å². The van der Waals surface area contributed by atoms with Crippen molar-refractivity contribution in [3.63, 3.8) is 0 Å². The van der Waals surface area contributed by atoms with E-state index in [0.29, 0.717) is 16.0 Å². The van der Waals surface area contributed by atoms with E-state index in [2.05, 4.69) is 31.2 Å². The highest BCUT2D eigenvalue weighted by Gasteiger charge is 2.20. The molecule has 0 bridgehead atoms. The molecule has 21 heavy (non-hydrogen) atoms. The van der Waals surface area contributed by atoms with Crippen LogP contribution in [0.1, 0.15) is 39.6 Å². The monoisotopic (exact) mass is 373 g/mol. The number of aromatic amines is 1. The van der Waals surface area contributed by atoms with Crippen molar-refractivity contribution in [2.45, 2.75) is 39.3 Å². The number of thiophene rings is 1. The van der Waals surface area contributed by atoms with E-state index in [0.717, 1.165) is 3.79 Å². The first kappa shape index (κ1) is 16.0. The Morgan fingerprint density at radius 3 is 2.81 bits per heavy atom. The minimum atomic E-state index is -0.577. The van der Waals surface area contributed by atoms with Crippen molar-refractivity contribution in [3.8, 4) is 0 Å². The fourth-order valence-electron chi connectivity index (χ4n) is 1.69. The predicted molar refractivity (Wildman–Crippen MR) is 85.7 cm³/mol. The molecule has 0 aliphatic rings. The number of rotatable bonds is 2. The van der Waals surface area contributed by atoms with Gasteiger partial charge in [-0.2, -0.15) is 0 Å². The molecule has 114 valence electrons. The summed E-state index contributed by atoms with van der Waals surface area (Å²) in [5.41, 5.74) is -0.195. The third-order valence-electron chi connectivity index (χ3n) is 2.51. The van der Waals surface area contributed by atoms with Gasteiger partial charge in [-0.15, -0.1) is 11.3 Å². The number of alkyl carbamates (subject to hydrolysis) is 1. The maximum atomic E-state index is 12.0. The van der Waals surface area contributed by atoms with E-state index in [1.807, 2.05) is 0 Å². The van der Waals surface area contributed by atoms with Gasteiger partial charge in [0.15, 0.2) is 0 Å². The number of ether oxygens (including phenoxy) is 1. The molecular weight excluding hydrogens is 358 g/mol. The minimum Gasteiger partial charge on any atom is -0.444 e. The second kappa shape index (κ2) is 5.76. The van der Waals surface area contributed by atoms with E-state index in [9.17, 15) is 9.59 Å². The lowest BCUT2D eigenvalue weighted by Gasteiger charge is -2.21. The average Bonchev–Trinajstić information content (AvgIpc) is 2.67. The van der Waals surface area contributed by atoms with E-state index in [1.54, 1.807) is 33.8 Å². The second-order valence-corrected chi connectivity index (χ2v) is 8.02. The van der Waals surface area contributed by atoms with Gasteiger partial charge in [-0.05, 0) is 49.7 Å². The SMILES string of the molecule is C[C@H](NC(=O)OC(C)(C)C)c1nc2cc(Br)sc2c(=O)[nH]1. The summed E-state index contributed by atoms with van der Waals surface area (Å²) in [6.45, 7) is 7.08. The number of halogens is 1. The number of nitrogens with one attached hydrogen (secondary N) is 2. The maximum Gasteiger partial charge on any atom is 0.408 e. The van der Waals surface area contributed by atoms with Crippen LogP contribution in [0.5, 0.6) is 0 Å². The number of hydrogen-bond acceptors (Lipinski definition) is 5. The van der Waals surface area contributed by atoms with Gasteiger partial charge in [-0.3, -0.25) is 4.79 Å². The van der Waals surface area contributed by atoms with Crippen molar-refractivity contribution in [2.24, 2.45) is 0 Å². The van der Waals surface area contributed by atoms with Crippen LogP contribution in [0.2, 0.25) is 0 Å². The molecule has 0 aliphatic carbocycles. The van der Waals surface area contributed by atoms with Gasteiger partial charge in [0.1, 0.15) is 16.1 Å². The summed E-state index contributed by atoms with van der Waals surface area (Å²) in [5, 5.41) is 2.65. The Bertz CT molecular complexity index is 732. The Labute approximate surface area is 134 Å². The van der Waals surface area contributed by atoms with Crippen molar-refractivity contribution in [3.05, 3.63) is 26.0 Å². The Kier molecular flexibility index (Phi) is 4.38. The van der Waals surface area contributed by atoms with E-state index in [4.69, 9.17) is 4.74 Å². The predicted octanol–water partition coefficient (Wildman–Crippen LogP) is 3.33. The van der Waals surface area contributed by atoms with Crippen LogP contribution in [-0.2, 0) is 4.74 Å². The summed E-state index contributed by atoms with van der Waals surface area (Å²) in [4.78, 5) is 30.8. The summed E-state index contributed by atoms with van der Waals surface area (Å²) >= 11 is 4.65. The highest BCUT2D eigenvalue weighted by Crippen LogP contribution is 2.26. The Morgan fingerprint density at radius 1 is 1.52 bits per heavy atom. The fourth-order valence-corrected chi connectivity index (χ4v) is 3.11. The molecule has 0 saturated carbocycles. The first-order chi connectivity index (χ1) is 9.65. The number of amides is 1. The molecule has 0 unspecified atom stereocenters. The van der Waals surface area contributed by atoms with Gasteiger partial charge in [-0.1, -0.05) is 0 Å². The van der Waals surface area contributed by atoms with E-state index < -0.39 is 17.7 Å². The lowest BCUT2D eigenvalue weighted by Crippen LogP contribution is -2.35. The van der Waals surface area contributed by atoms with Crippen molar-refractivity contribution in [2.75, 3.05) is 0 Å². The zero-order valence-electron chi connectivity index (χ0n) is 12.1. The van der Waals surface area contributed by atoms with E-state index in [1.165, 1.54) is 11.3 Å². The summed E-state index contributed by atoms with van der Waals surface area (Å²) in [7, 11) is 0. The number of H-pyrrole nitrogens is 1. The highest BCUT2D eigenvalue weighted by molar-refractivity contribution is 9.11. The fraction of sp³-hybridized carbons (Fsp3) is 0.462. The van der Waals surface area contributed by atoms with Crippen LogP contribution in [0, 0.1) is 0 Å². The maximum absolute atomic E-state index is 12.0. The average molecular weight is 374 g/mol. The molecule has 0 saturated heterocycles. The summed E-state index contributed by atoms with van der Waals surface area (Å²) in [6.07, 6.45) is -0.552. The van der Waals surface area contributed by atoms with Crippen LogP contribution in [0.25, 0.3) is 10.2 Å². The molecule has 8 heteroatoms. The van der Waals surface area contributed by atoms with Crippen molar-refractivity contribution in [1.82, 2.24) is 15.3 Å². The first-order valence-electron chi connectivity index (χ1n) is 6.34. The van der Waals surface area contributed by atoms with Crippen molar-refractivity contribution >= 4 is 43.6 Å². The van der Waals surface area contributed by atoms with Crippen molar-refractivity contribution in [1.29, 1.82) is 0 Å². The van der Waals surface area contributed by atoms with Gasteiger partial charge in [0, 0.05) is 0 Å². The largest absolute Gasteiger partial charge is 0.444 e. The van der Waals surface area contributed by atoms with Crippen LogP contribution < -0.4 is 10.9 Å². The molecule has 1 atom stereocenters. The minimum absolute atomic E-state index is 0.219. The standard InChI is InChI=1S/C13H16BrN3O3S/c1-6(15-12(19)20-13(2,3)4)10-16-7-5-8(14)21-9(7)11(18)17-10/h5-6H,1-4H3,(H,15,19)(H,16,17,18)/t6-/m0/s1. The molecule has 2 N–H and O–H groups in total. The molecule has 0 fully saturated rings. The summed E-state index contributed by atoms with van der Waals surface area (Å²) < 4.78 is 6.56. The molecule has 0 aliphatic heterocycles. The first-order valence-corrected chi connectivity index (χ1v) is 7.95. The van der Waals surface area contributed by atoms with Crippen molar-refractivity contribution < 1.29 is 9.53 Å². The normalized spacial score (nSPS) is 13.2. The Morgan fingerprint density at radius 2 is 2.19 bits per heavy atom. The topological polar surface area (TPSA) is 84.1 Å². The molecule has 0 aromatic carbocycles. The highest BCUT2D eigenvalue weighted by atomic mass is 79.9. The number of carbonyl (C=O) groups is 1. The van der Waals surface area contributed by atoms with Crippen LogP contribution in [0.4, 0.5) is 4.79 Å². The van der Waals surface area contributed by atoms with Gasteiger partial charge in [0.25, 0.3) is 5.56 Å². The van der Waals surface area contributed by atoms with Crippen LogP contribution in [0.3, 0.4) is 0 Å². The number of fused-ring (bicyclic) bond motifs is 1. The van der Waals surface area contributed by atoms with Gasteiger partial charge in [0.2, 0.25) is 0 Å².